The number of nitrogens with zero attached hydrogens (tertiary/aromatic N) is 1. The largest absolute Gasteiger partial charge is 0.493 e. The van der Waals surface area contributed by atoms with E-state index in [0.29, 0.717) is 22.9 Å². The van der Waals surface area contributed by atoms with Crippen LogP contribution < -0.4 is 9.47 Å². The molecule has 0 aliphatic heterocycles. The van der Waals surface area contributed by atoms with Crippen LogP contribution in [0.5, 0.6) is 11.5 Å². The smallest absolute Gasteiger partial charge is 0.243 e. The number of rotatable bonds is 7. The van der Waals surface area contributed by atoms with Gasteiger partial charge in [0.25, 0.3) is 0 Å². The molecule has 0 aromatic heterocycles. The molecule has 0 spiro atoms. The molecule has 2 aromatic rings. The Labute approximate surface area is 156 Å². The van der Waals surface area contributed by atoms with Gasteiger partial charge < -0.3 is 9.47 Å². The van der Waals surface area contributed by atoms with Crippen LogP contribution >= 0.6 is 0 Å². The van der Waals surface area contributed by atoms with E-state index in [9.17, 15) is 8.42 Å². The highest BCUT2D eigenvalue weighted by molar-refractivity contribution is 7.89. The molecule has 26 heavy (non-hydrogen) atoms. The summed E-state index contributed by atoms with van der Waals surface area (Å²) in [6.45, 7) is 8.15. The van der Waals surface area contributed by atoms with Crippen molar-refractivity contribution in [3.63, 3.8) is 0 Å². The van der Waals surface area contributed by atoms with Gasteiger partial charge in [0.2, 0.25) is 10.0 Å². The van der Waals surface area contributed by atoms with Crippen molar-refractivity contribution in [3.8, 4) is 11.5 Å². The van der Waals surface area contributed by atoms with Crippen LogP contribution in [0.1, 0.15) is 29.2 Å². The quantitative estimate of drug-likeness (QED) is 0.736. The summed E-state index contributed by atoms with van der Waals surface area (Å²) in [7, 11) is -0.464. The maximum absolute atomic E-state index is 13.3. The van der Waals surface area contributed by atoms with E-state index in [-0.39, 0.29) is 6.54 Å². The fourth-order valence-electron chi connectivity index (χ4n) is 3.25. The number of benzene rings is 2. The van der Waals surface area contributed by atoms with Gasteiger partial charge in [-0.2, -0.15) is 4.31 Å². The minimum absolute atomic E-state index is 0.270. The standard InChI is InChI=1S/C20H27NO4S/c1-7-21(13-17-8-9-18(24-5)19(12-17)25-6)26(22,23)20-15(3)10-14(2)11-16(20)4/h8-12H,7,13H2,1-6H3. The predicted molar refractivity (Wildman–Crippen MR) is 103 cm³/mol. The van der Waals surface area contributed by atoms with E-state index in [1.54, 1.807) is 20.3 Å². The molecule has 0 aliphatic carbocycles. The van der Waals surface area contributed by atoms with Crippen LogP contribution in [0.15, 0.2) is 35.2 Å². The summed E-state index contributed by atoms with van der Waals surface area (Å²) in [6, 6.07) is 9.27. The van der Waals surface area contributed by atoms with E-state index in [4.69, 9.17) is 9.47 Å². The van der Waals surface area contributed by atoms with Gasteiger partial charge in [-0.3, -0.25) is 0 Å². The third-order valence-electron chi connectivity index (χ3n) is 4.36. The number of sulfonamides is 1. The summed E-state index contributed by atoms with van der Waals surface area (Å²) >= 11 is 0. The van der Waals surface area contributed by atoms with Crippen LogP contribution in [0, 0.1) is 20.8 Å². The predicted octanol–water partition coefficient (Wildman–Crippen LogP) is 3.84. The van der Waals surface area contributed by atoms with E-state index in [2.05, 4.69) is 0 Å². The molecule has 0 bridgehead atoms. The topological polar surface area (TPSA) is 55.8 Å². The van der Waals surface area contributed by atoms with Gasteiger partial charge in [0.15, 0.2) is 11.5 Å². The molecule has 0 aliphatic rings. The fraction of sp³-hybridized carbons (Fsp3) is 0.400. The molecular weight excluding hydrogens is 350 g/mol. The van der Waals surface area contributed by atoms with Crippen molar-refractivity contribution >= 4 is 10.0 Å². The number of aryl methyl sites for hydroxylation is 3. The molecule has 0 radical (unpaired) electrons. The van der Waals surface area contributed by atoms with Crippen LogP contribution in [-0.4, -0.2) is 33.5 Å². The number of methoxy groups -OCH3 is 2. The average molecular weight is 378 g/mol. The van der Waals surface area contributed by atoms with Gasteiger partial charge >= 0.3 is 0 Å². The number of hydrogen-bond donors (Lipinski definition) is 0. The molecule has 0 N–H and O–H groups in total. The highest BCUT2D eigenvalue weighted by atomic mass is 32.2. The van der Waals surface area contributed by atoms with Crippen molar-refractivity contribution in [3.05, 3.63) is 52.6 Å². The lowest BCUT2D eigenvalue weighted by Crippen LogP contribution is -2.31. The summed E-state index contributed by atoms with van der Waals surface area (Å²) in [5, 5.41) is 0. The maximum Gasteiger partial charge on any atom is 0.243 e. The first kappa shape index (κ1) is 20.3. The van der Waals surface area contributed by atoms with E-state index >= 15 is 0 Å². The van der Waals surface area contributed by atoms with Gasteiger partial charge in [-0.05, 0) is 49.6 Å². The second-order valence-corrected chi connectivity index (χ2v) is 8.22. The molecule has 0 fully saturated rings. The molecule has 0 saturated carbocycles. The highest BCUT2D eigenvalue weighted by Gasteiger charge is 2.27. The molecular formula is C20H27NO4S. The summed E-state index contributed by atoms with van der Waals surface area (Å²) in [6.07, 6.45) is 0. The lowest BCUT2D eigenvalue weighted by molar-refractivity contribution is 0.353. The highest BCUT2D eigenvalue weighted by Crippen LogP contribution is 2.30. The van der Waals surface area contributed by atoms with Crippen molar-refractivity contribution in [2.45, 2.75) is 39.1 Å². The Morgan fingerprint density at radius 3 is 2.00 bits per heavy atom. The maximum atomic E-state index is 13.3. The van der Waals surface area contributed by atoms with Crippen LogP contribution in [0.25, 0.3) is 0 Å². The van der Waals surface area contributed by atoms with Crippen LogP contribution in [-0.2, 0) is 16.6 Å². The molecule has 0 unspecified atom stereocenters. The third kappa shape index (κ3) is 4.02. The van der Waals surface area contributed by atoms with Crippen LogP contribution in [0.3, 0.4) is 0 Å². The zero-order chi connectivity index (χ0) is 19.5. The van der Waals surface area contributed by atoms with Gasteiger partial charge in [-0.25, -0.2) is 8.42 Å². The molecule has 0 saturated heterocycles. The molecule has 0 atom stereocenters. The minimum Gasteiger partial charge on any atom is -0.493 e. The lowest BCUT2D eigenvalue weighted by atomic mass is 10.1. The van der Waals surface area contributed by atoms with Crippen molar-refractivity contribution in [2.75, 3.05) is 20.8 Å². The minimum atomic E-state index is -3.60. The van der Waals surface area contributed by atoms with E-state index in [1.807, 2.05) is 52.0 Å². The van der Waals surface area contributed by atoms with Gasteiger partial charge in [0, 0.05) is 13.1 Å². The summed E-state index contributed by atoms with van der Waals surface area (Å²) in [5.74, 6) is 1.20. The summed E-state index contributed by atoms with van der Waals surface area (Å²) in [5.41, 5.74) is 3.44. The van der Waals surface area contributed by atoms with Crippen molar-refractivity contribution in [2.24, 2.45) is 0 Å². The molecule has 2 aromatic carbocycles. The first-order valence-electron chi connectivity index (χ1n) is 8.53. The summed E-state index contributed by atoms with van der Waals surface area (Å²) in [4.78, 5) is 0.394. The van der Waals surface area contributed by atoms with Gasteiger partial charge in [0.1, 0.15) is 0 Å². The second kappa shape index (κ2) is 8.10. The Hall–Kier alpha value is -2.05. The number of hydrogen-bond acceptors (Lipinski definition) is 4. The molecule has 6 heteroatoms. The zero-order valence-electron chi connectivity index (χ0n) is 16.3. The molecule has 2 rings (SSSR count). The Bertz CT molecular complexity index is 868. The Kier molecular flexibility index (Phi) is 6.31. The second-order valence-electron chi connectivity index (χ2n) is 6.35. The van der Waals surface area contributed by atoms with E-state index in [0.717, 1.165) is 22.3 Å². The monoisotopic (exact) mass is 377 g/mol. The normalized spacial score (nSPS) is 11.7. The van der Waals surface area contributed by atoms with Crippen molar-refractivity contribution in [1.82, 2.24) is 4.31 Å². The third-order valence-corrected chi connectivity index (χ3v) is 6.59. The van der Waals surface area contributed by atoms with Crippen LogP contribution in [0.2, 0.25) is 0 Å². The molecule has 5 nitrogen and oxygen atoms in total. The molecule has 0 heterocycles. The Morgan fingerprint density at radius 1 is 0.923 bits per heavy atom. The molecule has 142 valence electrons. The first-order chi connectivity index (χ1) is 12.2. The van der Waals surface area contributed by atoms with Gasteiger partial charge in [-0.15, -0.1) is 0 Å². The SMILES string of the molecule is CCN(Cc1ccc(OC)c(OC)c1)S(=O)(=O)c1c(C)cc(C)cc1C. The van der Waals surface area contributed by atoms with Crippen molar-refractivity contribution in [1.29, 1.82) is 0 Å². The Morgan fingerprint density at radius 2 is 1.50 bits per heavy atom. The zero-order valence-corrected chi connectivity index (χ0v) is 17.1. The first-order valence-corrected chi connectivity index (χ1v) is 9.97. The molecule has 0 amide bonds. The average Bonchev–Trinajstić information content (AvgIpc) is 2.57. The number of ether oxygens (including phenoxy) is 2. The summed E-state index contributed by atoms with van der Waals surface area (Å²) < 4.78 is 38.6. The van der Waals surface area contributed by atoms with E-state index in [1.165, 1.54) is 4.31 Å². The van der Waals surface area contributed by atoms with Crippen molar-refractivity contribution < 1.29 is 17.9 Å². The fourth-order valence-corrected chi connectivity index (χ4v) is 5.10. The lowest BCUT2D eigenvalue weighted by Gasteiger charge is -2.23. The Balaban J connectivity index is 2.42. The van der Waals surface area contributed by atoms with E-state index < -0.39 is 10.0 Å². The van der Waals surface area contributed by atoms with Gasteiger partial charge in [-0.1, -0.05) is 30.7 Å². The van der Waals surface area contributed by atoms with Gasteiger partial charge in [0.05, 0.1) is 19.1 Å². The van der Waals surface area contributed by atoms with Crippen LogP contribution in [0.4, 0.5) is 0 Å².